The summed E-state index contributed by atoms with van der Waals surface area (Å²) >= 11 is 4.64. The summed E-state index contributed by atoms with van der Waals surface area (Å²) in [6.45, 7) is 1.19. The number of sulfonamides is 1. The summed E-state index contributed by atoms with van der Waals surface area (Å²) in [4.78, 5) is 0. The van der Waals surface area contributed by atoms with Gasteiger partial charge in [-0.25, -0.2) is 13.1 Å². The Balaban J connectivity index is 2.19. The van der Waals surface area contributed by atoms with Gasteiger partial charge in [0.1, 0.15) is 4.21 Å². The molecule has 0 aromatic carbocycles. The highest BCUT2D eigenvalue weighted by atomic mass is 79.9. The zero-order chi connectivity index (χ0) is 12.4. The van der Waals surface area contributed by atoms with E-state index in [2.05, 4.69) is 20.7 Å². The van der Waals surface area contributed by atoms with Gasteiger partial charge in [0.2, 0.25) is 0 Å². The fourth-order valence-electron chi connectivity index (χ4n) is 1.78. The fraction of sp³-hybridized carbons (Fsp3) is 0.600. The number of halogens is 1. The van der Waals surface area contributed by atoms with E-state index in [4.69, 9.17) is 4.74 Å². The standard InChI is InChI=1S/C10H14BrNO3S2/c11-8-10(3-5-15-6-4-10)12-17(13,14)9-2-1-7-16-9/h1-2,7,12H,3-6,8H2. The first-order chi connectivity index (χ1) is 8.08. The van der Waals surface area contributed by atoms with Crippen molar-refractivity contribution >= 4 is 37.3 Å². The minimum Gasteiger partial charge on any atom is -0.381 e. The Morgan fingerprint density at radius 1 is 1.47 bits per heavy atom. The predicted octanol–water partition coefficient (Wildman–Crippen LogP) is 1.97. The molecular weight excluding hydrogens is 326 g/mol. The summed E-state index contributed by atoms with van der Waals surface area (Å²) in [5.74, 6) is 0. The average Bonchev–Trinajstić information content (AvgIpc) is 2.84. The Labute approximate surface area is 114 Å². The molecule has 0 spiro atoms. The Hall–Kier alpha value is 0.0500. The van der Waals surface area contributed by atoms with Crippen LogP contribution in [0.15, 0.2) is 21.7 Å². The molecule has 1 aliphatic rings. The van der Waals surface area contributed by atoms with E-state index in [0.29, 0.717) is 35.6 Å². The van der Waals surface area contributed by atoms with Gasteiger partial charge in [0, 0.05) is 24.1 Å². The molecule has 2 rings (SSSR count). The summed E-state index contributed by atoms with van der Waals surface area (Å²) in [6.07, 6.45) is 1.39. The smallest absolute Gasteiger partial charge is 0.250 e. The predicted molar refractivity (Wildman–Crippen MR) is 71.2 cm³/mol. The summed E-state index contributed by atoms with van der Waals surface area (Å²) in [6, 6.07) is 3.36. The van der Waals surface area contributed by atoms with E-state index in [0.717, 1.165) is 0 Å². The maximum absolute atomic E-state index is 12.2. The first-order valence-electron chi connectivity index (χ1n) is 5.29. The number of alkyl halides is 1. The molecule has 0 atom stereocenters. The van der Waals surface area contributed by atoms with Crippen molar-refractivity contribution in [2.24, 2.45) is 0 Å². The minimum atomic E-state index is -3.40. The molecule has 4 nitrogen and oxygen atoms in total. The minimum absolute atomic E-state index is 0.365. The highest BCUT2D eigenvalue weighted by Crippen LogP contribution is 2.26. The van der Waals surface area contributed by atoms with Crippen molar-refractivity contribution in [1.82, 2.24) is 4.72 Å². The van der Waals surface area contributed by atoms with Gasteiger partial charge in [-0.15, -0.1) is 11.3 Å². The lowest BCUT2D eigenvalue weighted by Gasteiger charge is -2.35. The van der Waals surface area contributed by atoms with E-state index in [1.807, 2.05) is 0 Å². The van der Waals surface area contributed by atoms with Crippen LogP contribution in [-0.4, -0.2) is 32.5 Å². The van der Waals surface area contributed by atoms with Crippen LogP contribution in [0.4, 0.5) is 0 Å². The highest BCUT2D eigenvalue weighted by molar-refractivity contribution is 9.09. The first-order valence-corrected chi connectivity index (χ1v) is 8.78. The SMILES string of the molecule is O=S(=O)(NC1(CBr)CCOCC1)c1cccs1. The Morgan fingerprint density at radius 3 is 2.71 bits per heavy atom. The van der Waals surface area contributed by atoms with Crippen molar-refractivity contribution in [3.8, 4) is 0 Å². The number of nitrogens with one attached hydrogen (secondary N) is 1. The normalized spacial score (nSPS) is 20.3. The van der Waals surface area contributed by atoms with Crippen LogP contribution in [0.25, 0.3) is 0 Å². The molecule has 96 valence electrons. The molecule has 1 saturated heterocycles. The largest absolute Gasteiger partial charge is 0.381 e. The van der Waals surface area contributed by atoms with Crippen LogP contribution in [0.5, 0.6) is 0 Å². The number of hydrogen-bond acceptors (Lipinski definition) is 4. The van der Waals surface area contributed by atoms with Gasteiger partial charge in [-0.2, -0.15) is 0 Å². The molecule has 0 radical (unpaired) electrons. The zero-order valence-electron chi connectivity index (χ0n) is 9.19. The molecule has 0 amide bonds. The average molecular weight is 340 g/mol. The van der Waals surface area contributed by atoms with Gasteiger partial charge in [-0.1, -0.05) is 22.0 Å². The first kappa shape index (κ1) is 13.5. The monoisotopic (exact) mass is 339 g/mol. The van der Waals surface area contributed by atoms with Crippen LogP contribution in [0.2, 0.25) is 0 Å². The van der Waals surface area contributed by atoms with Gasteiger partial charge in [0.15, 0.2) is 0 Å². The third-order valence-corrected chi connectivity index (χ3v) is 6.87. The molecule has 2 heterocycles. The molecule has 0 saturated carbocycles. The Morgan fingerprint density at radius 2 is 2.18 bits per heavy atom. The molecule has 0 bridgehead atoms. The second-order valence-corrected chi connectivity index (χ2v) is 7.48. The maximum atomic E-state index is 12.2. The van der Waals surface area contributed by atoms with Crippen molar-refractivity contribution in [3.63, 3.8) is 0 Å². The van der Waals surface area contributed by atoms with Gasteiger partial charge in [0.25, 0.3) is 10.0 Å². The van der Waals surface area contributed by atoms with Crippen LogP contribution in [0, 0.1) is 0 Å². The van der Waals surface area contributed by atoms with Gasteiger partial charge in [-0.3, -0.25) is 0 Å². The number of thiophene rings is 1. The molecule has 1 aliphatic heterocycles. The molecular formula is C10H14BrNO3S2. The van der Waals surface area contributed by atoms with Crippen LogP contribution >= 0.6 is 27.3 Å². The third kappa shape index (κ3) is 3.08. The van der Waals surface area contributed by atoms with E-state index in [1.54, 1.807) is 17.5 Å². The van der Waals surface area contributed by atoms with Gasteiger partial charge < -0.3 is 4.74 Å². The maximum Gasteiger partial charge on any atom is 0.250 e. The van der Waals surface area contributed by atoms with Crippen LogP contribution in [-0.2, 0) is 14.8 Å². The van der Waals surface area contributed by atoms with Gasteiger partial charge >= 0.3 is 0 Å². The van der Waals surface area contributed by atoms with Gasteiger partial charge in [0.05, 0.1) is 0 Å². The summed E-state index contributed by atoms with van der Waals surface area (Å²) in [5, 5.41) is 2.37. The van der Waals surface area contributed by atoms with E-state index in [-0.39, 0.29) is 0 Å². The summed E-state index contributed by atoms with van der Waals surface area (Å²) in [7, 11) is -3.40. The quantitative estimate of drug-likeness (QED) is 0.853. The zero-order valence-corrected chi connectivity index (χ0v) is 12.4. The van der Waals surface area contributed by atoms with E-state index in [9.17, 15) is 8.42 Å². The van der Waals surface area contributed by atoms with Gasteiger partial charge in [-0.05, 0) is 24.3 Å². The molecule has 1 aromatic rings. The Kier molecular flexibility index (Phi) is 4.25. The second-order valence-electron chi connectivity index (χ2n) is 4.06. The van der Waals surface area contributed by atoms with E-state index < -0.39 is 15.6 Å². The summed E-state index contributed by atoms with van der Waals surface area (Å²) < 4.78 is 32.8. The number of ether oxygens (including phenoxy) is 1. The third-order valence-electron chi connectivity index (χ3n) is 2.82. The van der Waals surface area contributed by atoms with Crippen LogP contribution in [0.3, 0.4) is 0 Å². The van der Waals surface area contributed by atoms with Crippen molar-refractivity contribution in [2.45, 2.75) is 22.6 Å². The topological polar surface area (TPSA) is 55.4 Å². The lowest BCUT2D eigenvalue weighted by Crippen LogP contribution is -2.53. The number of hydrogen-bond donors (Lipinski definition) is 1. The van der Waals surface area contributed by atoms with Crippen LogP contribution in [0.1, 0.15) is 12.8 Å². The van der Waals surface area contributed by atoms with Crippen LogP contribution < -0.4 is 4.72 Å². The summed E-state index contributed by atoms with van der Waals surface area (Å²) in [5.41, 5.74) is -0.416. The van der Waals surface area contributed by atoms with Crippen molar-refractivity contribution in [1.29, 1.82) is 0 Å². The van der Waals surface area contributed by atoms with E-state index in [1.165, 1.54) is 11.3 Å². The molecule has 7 heteroatoms. The van der Waals surface area contributed by atoms with Crippen molar-refractivity contribution in [2.75, 3.05) is 18.5 Å². The second kappa shape index (κ2) is 5.36. The Bertz CT molecular complexity index is 452. The molecule has 0 aliphatic carbocycles. The van der Waals surface area contributed by atoms with Crippen molar-refractivity contribution in [3.05, 3.63) is 17.5 Å². The highest BCUT2D eigenvalue weighted by Gasteiger charge is 2.36. The molecule has 1 aromatic heterocycles. The lowest BCUT2D eigenvalue weighted by molar-refractivity contribution is 0.0557. The molecule has 0 unspecified atom stereocenters. The van der Waals surface area contributed by atoms with E-state index >= 15 is 0 Å². The molecule has 1 fully saturated rings. The molecule has 17 heavy (non-hydrogen) atoms. The molecule has 1 N–H and O–H groups in total. The lowest BCUT2D eigenvalue weighted by atomic mass is 9.94. The van der Waals surface area contributed by atoms with Crippen molar-refractivity contribution < 1.29 is 13.2 Å². The fourth-order valence-corrected chi connectivity index (χ4v) is 5.11. The number of rotatable bonds is 4.